The van der Waals surface area contributed by atoms with Crippen LogP contribution in [0.5, 0.6) is 0 Å². The van der Waals surface area contributed by atoms with Crippen LogP contribution in [0.1, 0.15) is 17.0 Å². The second-order valence-corrected chi connectivity index (χ2v) is 6.45. The molecule has 1 N–H and O–H groups in total. The van der Waals surface area contributed by atoms with Crippen LogP contribution in [0.3, 0.4) is 0 Å². The lowest BCUT2D eigenvalue weighted by Gasteiger charge is -2.25. The quantitative estimate of drug-likeness (QED) is 0.888. The predicted molar refractivity (Wildman–Crippen MR) is 96.0 cm³/mol. The zero-order chi connectivity index (χ0) is 15.5. The van der Waals surface area contributed by atoms with Crippen LogP contribution < -0.4 is 5.32 Å². The average molecular weight is 377 g/mol. The van der Waals surface area contributed by atoms with Crippen molar-refractivity contribution in [2.24, 2.45) is 0 Å². The van der Waals surface area contributed by atoms with Gasteiger partial charge in [0.1, 0.15) is 0 Å². The van der Waals surface area contributed by atoms with Gasteiger partial charge in [0.15, 0.2) is 0 Å². The van der Waals surface area contributed by atoms with Crippen molar-refractivity contribution in [3.63, 3.8) is 0 Å². The molecular weight excluding hydrogens is 357 g/mol. The topological polar surface area (TPSA) is 39.1 Å². The van der Waals surface area contributed by atoms with Crippen molar-refractivity contribution < 1.29 is 4.74 Å². The molecule has 0 aliphatic carbocycles. The Hall–Kier alpha value is -0.780. The number of nitrogens with zero attached hydrogens (tertiary/aromatic N) is 2. The maximum atomic E-state index is 6.17. The van der Waals surface area contributed by atoms with Crippen LogP contribution in [-0.2, 0) is 11.3 Å². The number of aromatic nitrogens is 2. The summed E-state index contributed by atoms with van der Waals surface area (Å²) in [5.41, 5.74) is 2.29. The molecule has 23 heavy (non-hydrogen) atoms. The molecule has 126 valence electrons. The first-order valence-corrected chi connectivity index (χ1v) is 8.15. The van der Waals surface area contributed by atoms with Gasteiger partial charge in [-0.3, -0.25) is 4.68 Å². The Labute approximate surface area is 152 Å². The van der Waals surface area contributed by atoms with E-state index in [4.69, 9.17) is 27.9 Å². The van der Waals surface area contributed by atoms with Gasteiger partial charge >= 0.3 is 0 Å². The van der Waals surface area contributed by atoms with Gasteiger partial charge in [-0.25, -0.2) is 0 Å². The molecule has 7 heteroatoms. The van der Waals surface area contributed by atoms with Crippen molar-refractivity contribution in [1.82, 2.24) is 15.1 Å². The molecule has 0 saturated carbocycles. The van der Waals surface area contributed by atoms with Crippen molar-refractivity contribution in [1.29, 1.82) is 0 Å². The fraction of sp³-hybridized carbons (Fsp3) is 0.438. The molecule has 0 spiro atoms. The van der Waals surface area contributed by atoms with E-state index in [9.17, 15) is 0 Å². The Morgan fingerprint density at radius 1 is 1.35 bits per heavy atom. The van der Waals surface area contributed by atoms with Gasteiger partial charge in [-0.1, -0.05) is 29.3 Å². The molecular formula is C16H20Cl3N3O. The van der Waals surface area contributed by atoms with Gasteiger partial charge in [-0.2, -0.15) is 5.10 Å². The summed E-state index contributed by atoms with van der Waals surface area (Å²) in [5.74, 6) is 0.210. The summed E-state index contributed by atoms with van der Waals surface area (Å²) >= 11 is 12.2. The summed E-state index contributed by atoms with van der Waals surface area (Å²) in [6, 6.07) is 5.81. The summed E-state index contributed by atoms with van der Waals surface area (Å²) in [6.07, 6.45) is 3.95. The standard InChI is InChI=1S/C16H19Cl2N3O.ClH/c1-11-7-20-21(9-11)10-16-13(8-19-4-5-22-16)12-2-3-14(17)15(18)6-12;/h2-3,6-7,9,13,16,19H,4-5,8,10H2,1H3;1H. The van der Waals surface area contributed by atoms with E-state index in [1.165, 1.54) is 0 Å². The Bertz CT molecular complexity index is 647. The van der Waals surface area contributed by atoms with E-state index in [-0.39, 0.29) is 24.4 Å². The van der Waals surface area contributed by atoms with Crippen LogP contribution in [0.25, 0.3) is 0 Å². The minimum absolute atomic E-state index is 0. The molecule has 1 aromatic carbocycles. The Morgan fingerprint density at radius 3 is 2.87 bits per heavy atom. The minimum atomic E-state index is 0. The number of halogens is 3. The average Bonchev–Trinajstić information content (AvgIpc) is 2.76. The molecule has 1 aliphatic rings. The third-order valence-corrected chi connectivity index (χ3v) is 4.66. The number of nitrogens with one attached hydrogen (secondary N) is 1. The molecule has 4 nitrogen and oxygen atoms in total. The van der Waals surface area contributed by atoms with E-state index in [2.05, 4.69) is 10.4 Å². The molecule has 1 saturated heterocycles. The van der Waals surface area contributed by atoms with Crippen LogP contribution >= 0.6 is 35.6 Å². The van der Waals surface area contributed by atoms with E-state index < -0.39 is 0 Å². The number of ether oxygens (including phenoxy) is 1. The van der Waals surface area contributed by atoms with Crippen LogP contribution in [-0.4, -0.2) is 35.6 Å². The first kappa shape index (κ1) is 18.6. The van der Waals surface area contributed by atoms with Crippen LogP contribution in [0.2, 0.25) is 10.0 Å². The normalized spacial score (nSPS) is 21.5. The monoisotopic (exact) mass is 375 g/mol. The molecule has 3 rings (SSSR count). The fourth-order valence-corrected chi connectivity index (χ4v) is 3.10. The smallest absolute Gasteiger partial charge is 0.0852 e. The van der Waals surface area contributed by atoms with Gasteiger partial charge in [0.05, 0.1) is 35.5 Å². The first-order valence-electron chi connectivity index (χ1n) is 7.40. The Balaban J connectivity index is 0.00000192. The van der Waals surface area contributed by atoms with E-state index in [0.717, 1.165) is 30.8 Å². The Morgan fingerprint density at radius 2 is 2.17 bits per heavy atom. The van der Waals surface area contributed by atoms with Gasteiger partial charge in [0, 0.05) is 25.2 Å². The third-order valence-electron chi connectivity index (χ3n) is 3.92. The van der Waals surface area contributed by atoms with Gasteiger partial charge < -0.3 is 10.1 Å². The first-order chi connectivity index (χ1) is 10.6. The molecule has 1 fully saturated rings. The van der Waals surface area contributed by atoms with Crippen molar-refractivity contribution >= 4 is 35.6 Å². The van der Waals surface area contributed by atoms with Crippen molar-refractivity contribution in [2.75, 3.05) is 19.7 Å². The van der Waals surface area contributed by atoms with Crippen molar-refractivity contribution in [3.8, 4) is 0 Å². The molecule has 2 aromatic rings. The van der Waals surface area contributed by atoms with Crippen LogP contribution in [0, 0.1) is 6.92 Å². The highest BCUT2D eigenvalue weighted by Crippen LogP contribution is 2.30. The second-order valence-electron chi connectivity index (χ2n) is 5.63. The molecule has 0 radical (unpaired) electrons. The maximum absolute atomic E-state index is 6.17. The summed E-state index contributed by atoms with van der Waals surface area (Å²) in [5, 5.41) is 8.95. The van der Waals surface area contributed by atoms with Crippen molar-refractivity contribution in [3.05, 3.63) is 51.8 Å². The van der Waals surface area contributed by atoms with E-state index in [0.29, 0.717) is 16.7 Å². The minimum Gasteiger partial charge on any atom is -0.374 e. The van der Waals surface area contributed by atoms with E-state index in [1.807, 2.05) is 42.2 Å². The third kappa shape index (κ3) is 4.61. The highest BCUT2D eigenvalue weighted by Gasteiger charge is 2.27. The lowest BCUT2D eigenvalue weighted by atomic mass is 9.93. The zero-order valence-corrected chi connectivity index (χ0v) is 15.2. The largest absolute Gasteiger partial charge is 0.374 e. The number of aryl methyl sites for hydroxylation is 1. The lowest BCUT2D eigenvalue weighted by Crippen LogP contribution is -2.30. The van der Waals surface area contributed by atoms with Gasteiger partial charge in [0.25, 0.3) is 0 Å². The molecule has 1 aliphatic heterocycles. The summed E-state index contributed by atoms with van der Waals surface area (Å²) < 4.78 is 7.99. The van der Waals surface area contributed by atoms with E-state index >= 15 is 0 Å². The van der Waals surface area contributed by atoms with Crippen LogP contribution in [0.4, 0.5) is 0 Å². The number of hydrogen-bond donors (Lipinski definition) is 1. The maximum Gasteiger partial charge on any atom is 0.0852 e. The number of hydrogen-bond acceptors (Lipinski definition) is 3. The summed E-state index contributed by atoms with van der Waals surface area (Å²) in [4.78, 5) is 0. The van der Waals surface area contributed by atoms with Gasteiger partial charge in [-0.05, 0) is 30.2 Å². The zero-order valence-electron chi connectivity index (χ0n) is 12.8. The molecule has 0 amide bonds. The number of rotatable bonds is 3. The molecule has 2 unspecified atom stereocenters. The van der Waals surface area contributed by atoms with Gasteiger partial charge in [-0.15, -0.1) is 12.4 Å². The van der Waals surface area contributed by atoms with Crippen molar-refractivity contribution in [2.45, 2.75) is 25.5 Å². The molecule has 2 heterocycles. The lowest BCUT2D eigenvalue weighted by molar-refractivity contribution is 0.0374. The SMILES string of the molecule is Cc1cnn(CC2OCCNCC2c2ccc(Cl)c(Cl)c2)c1.Cl. The van der Waals surface area contributed by atoms with Crippen LogP contribution in [0.15, 0.2) is 30.6 Å². The summed E-state index contributed by atoms with van der Waals surface area (Å²) in [6.45, 7) is 5.16. The van der Waals surface area contributed by atoms with E-state index in [1.54, 1.807) is 0 Å². The van der Waals surface area contributed by atoms with Gasteiger partial charge in [0.2, 0.25) is 0 Å². The fourth-order valence-electron chi connectivity index (χ4n) is 2.79. The highest BCUT2D eigenvalue weighted by atomic mass is 35.5. The second kappa shape index (κ2) is 8.36. The summed E-state index contributed by atoms with van der Waals surface area (Å²) in [7, 11) is 0. The highest BCUT2D eigenvalue weighted by molar-refractivity contribution is 6.42. The Kier molecular flexibility index (Phi) is 6.74. The predicted octanol–water partition coefficient (Wildman–Crippen LogP) is 3.69. The molecule has 1 aromatic heterocycles. The molecule has 0 bridgehead atoms. The number of benzene rings is 1. The molecule has 2 atom stereocenters.